The minimum absolute atomic E-state index is 0.0191. The second kappa shape index (κ2) is 10.4. The van der Waals surface area contributed by atoms with E-state index in [1.807, 2.05) is 0 Å². The van der Waals surface area contributed by atoms with E-state index >= 15 is 0 Å². The Labute approximate surface area is 214 Å². The number of anilines is 1. The van der Waals surface area contributed by atoms with Crippen LogP contribution in [0.4, 0.5) is 27.9 Å². The molecule has 0 saturated carbocycles. The summed E-state index contributed by atoms with van der Waals surface area (Å²) < 4.78 is 67.1. The van der Waals surface area contributed by atoms with Crippen LogP contribution in [-0.2, 0) is 6.42 Å². The largest absolute Gasteiger partial charge is 0.405 e. The molecular weight excluding hydrogens is 507 g/mol. The van der Waals surface area contributed by atoms with E-state index < -0.39 is 36.0 Å². The lowest BCUT2D eigenvalue weighted by Gasteiger charge is -2.17. The zero-order chi connectivity index (χ0) is 27.7. The smallest absolute Gasteiger partial charge is 0.378 e. The first kappa shape index (κ1) is 27.0. The number of hydrogen-bond acceptors (Lipinski definition) is 6. The zero-order valence-electron chi connectivity index (χ0n) is 20.3. The normalized spacial score (nSPS) is 12.8. The highest BCUT2D eigenvalue weighted by Gasteiger charge is 2.28. The van der Waals surface area contributed by atoms with Crippen molar-refractivity contribution in [3.63, 3.8) is 0 Å². The molecule has 0 aliphatic carbocycles. The fourth-order valence-corrected chi connectivity index (χ4v) is 3.78. The van der Waals surface area contributed by atoms with Gasteiger partial charge in [-0.15, -0.1) is 10.2 Å². The van der Waals surface area contributed by atoms with Crippen molar-refractivity contribution < 1.29 is 27.1 Å². The highest BCUT2D eigenvalue weighted by Crippen LogP contribution is 2.31. The highest BCUT2D eigenvalue weighted by molar-refractivity contribution is 5.80. The standard InChI is InChI=1S/C26H23F5N6O/c1-25(2,38)8-7-18-5-6-19(22(34-18)21(32)12-15-10-16(27)13-17(28)11-15)20-4-3-9-37-23(20)35-36-24(37)33-14-26(29,30)31/h3-6,9-11,13,21,38H,12,14,32H2,1-2H3,(H,33,36). The fourth-order valence-electron chi connectivity index (χ4n) is 3.78. The highest BCUT2D eigenvalue weighted by atomic mass is 19.4. The van der Waals surface area contributed by atoms with Gasteiger partial charge in [0, 0.05) is 23.4 Å². The summed E-state index contributed by atoms with van der Waals surface area (Å²) in [6, 6.07) is 8.75. The number of aromatic nitrogens is 4. The molecule has 3 aromatic heterocycles. The first-order valence-corrected chi connectivity index (χ1v) is 11.4. The predicted octanol–water partition coefficient (Wildman–Crippen LogP) is 4.41. The lowest BCUT2D eigenvalue weighted by molar-refractivity contribution is -0.115. The summed E-state index contributed by atoms with van der Waals surface area (Å²) in [7, 11) is 0. The van der Waals surface area contributed by atoms with E-state index in [0.29, 0.717) is 22.4 Å². The summed E-state index contributed by atoms with van der Waals surface area (Å²) in [6.45, 7) is 1.72. The Bertz CT molecular complexity index is 1510. The number of hydrogen-bond donors (Lipinski definition) is 3. The topological polar surface area (TPSA) is 101 Å². The van der Waals surface area contributed by atoms with Gasteiger partial charge in [0.1, 0.15) is 29.5 Å². The molecule has 38 heavy (non-hydrogen) atoms. The number of nitrogens with one attached hydrogen (secondary N) is 1. The summed E-state index contributed by atoms with van der Waals surface area (Å²) in [5.74, 6) is 3.82. The van der Waals surface area contributed by atoms with Crippen LogP contribution >= 0.6 is 0 Å². The molecule has 0 fully saturated rings. The quantitative estimate of drug-likeness (QED) is 0.252. The van der Waals surface area contributed by atoms with E-state index in [2.05, 4.69) is 32.3 Å². The molecule has 198 valence electrons. The molecule has 7 nitrogen and oxygen atoms in total. The van der Waals surface area contributed by atoms with Gasteiger partial charge >= 0.3 is 6.18 Å². The maximum Gasteiger partial charge on any atom is 0.405 e. The zero-order valence-corrected chi connectivity index (χ0v) is 20.3. The monoisotopic (exact) mass is 530 g/mol. The van der Waals surface area contributed by atoms with Gasteiger partial charge in [-0.3, -0.25) is 4.40 Å². The number of nitrogens with zero attached hydrogens (tertiary/aromatic N) is 4. The molecule has 1 aromatic carbocycles. The second-order valence-corrected chi connectivity index (χ2v) is 9.13. The van der Waals surface area contributed by atoms with Gasteiger partial charge in [0.05, 0.1) is 11.7 Å². The molecule has 4 aromatic rings. The summed E-state index contributed by atoms with van der Waals surface area (Å²) >= 11 is 0. The van der Waals surface area contributed by atoms with Crippen LogP contribution in [0, 0.1) is 23.5 Å². The average Bonchev–Trinajstić information content (AvgIpc) is 3.23. The molecule has 3 heterocycles. The van der Waals surface area contributed by atoms with Gasteiger partial charge < -0.3 is 16.2 Å². The van der Waals surface area contributed by atoms with E-state index in [0.717, 1.165) is 6.07 Å². The minimum atomic E-state index is -4.45. The number of fused-ring (bicyclic) bond motifs is 1. The molecule has 0 bridgehead atoms. The van der Waals surface area contributed by atoms with Crippen molar-refractivity contribution in [3.8, 4) is 23.0 Å². The molecule has 12 heteroatoms. The Kier molecular flexibility index (Phi) is 7.35. The molecular formula is C26H23F5N6O. The van der Waals surface area contributed by atoms with E-state index in [9.17, 15) is 27.1 Å². The maximum atomic E-state index is 13.8. The van der Waals surface area contributed by atoms with Crippen molar-refractivity contribution >= 4 is 11.6 Å². The molecule has 0 aliphatic heterocycles. The lowest BCUT2D eigenvalue weighted by Crippen LogP contribution is -2.22. The summed E-state index contributed by atoms with van der Waals surface area (Å²) in [6.07, 6.45) is -2.93. The third kappa shape index (κ3) is 6.62. The Balaban J connectivity index is 1.80. The molecule has 0 spiro atoms. The van der Waals surface area contributed by atoms with Crippen molar-refractivity contribution in [2.75, 3.05) is 11.9 Å². The third-order valence-corrected chi connectivity index (χ3v) is 5.32. The van der Waals surface area contributed by atoms with Crippen LogP contribution in [0.1, 0.15) is 36.8 Å². The fraction of sp³-hybridized carbons (Fsp3) is 0.269. The minimum Gasteiger partial charge on any atom is -0.378 e. The SMILES string of the molecule is CC(C)(O)C#Cc1ccc(-c2cccn3c(NCC(F)(F)F)nnc23)c(C(N)Cc2cc(F)cc(F)c2)n1. The van der Waals surface area contributed by atoms with Gasteiger partial charge in [-0.25, -0.2) is 13.8 Å². The molecule has 0 aliphatic rings. The number of alkyl halides is 3. The Morgan fingerprint density at radius 2 is 1.76 bits per heavy atom. The van der Waals surface area contributed by atoms with Gasteiger partial charge in [-0.1, -0.05) is 5.92 Å². The maximum absolute atomic E-state index is 13.8. The van der Waals surface area contributed by atoms with Crippen molar-refractivity contribution in [1.29, 1.82) is 0 Å². The van der Waals surface area contributed by atoms with Gasteiger partial charge in [0.15, 0.2) is 5.65 Å². The van der Waals surface area contributed by atoms with Gasteiger partial charge in [-0.05, 0) is 68.2 Å². The number of nitrogens with two attached hydrogens (primary N) is 1. The van der Waals surface area contributed by atoms with E-state index in [-0.39, 0.29) is 23.7 Å². The van der Waals surface area contributed by atoms with Gasteiger partial charge in [0.2, 0.25) is 5.95 Å². The van der Waals surface area contributed by atoms with Crippen molar-refractivity contribution in [2.24, 2.45) is 5.73 Å². The number of rotatable bonds is 6. The van der Waals surface area contributed by atoms with E-state index in [1.165, 1.54) is 36.6 Å². The van der Waals surface area contributed by atoms with Crippen molar-refractivity contribution in [1.82, 2.24) is 19.6 Å². The van der Waals surface area contributed by atoms with Crippen LogP contribution < -0.4 is 11.1 Å². The van der Waals surface area contributed by atoms with Crippen LogP contribution in [0.5, 0.6) is 0 Å². The average molecular weight is 531 g/mol. The first-order chi connectivity index (χ1) is 17.8. The van der Waals surface area contributed by atoms with Crippen LogP contribution in [-0.4, -0.2) is 43.0 Å². The number of benzene rings is 1. The van der Waals surface area contributed by atoms with Crippen molar-refractivity contribution in [2.45, 2.75) is 38.1 Å². The predicted molar refractivity (Wildman–Crippen MR) is 131 cm³/mol. The molecule has 1 atom stereocenters. The number of halogens is 5. The molecule has 4 N–H and O–H groups in total. The lowest BCUT2D eigenvalue weighted by atomic mass is 9.96. The van der Waals surface area contributed by atoms with Crippen LogP contribution in [0.25, 0.3) is 16.8 Å². The van der Waals surface area contributed by atoms with Gasteiger partial charge in [-0.2, -0.15) is 13.2 Å². The number of pyridine rings is 2. The molecule has 1 unspecified atom stereocenters. The Hall–Kier alpha value is -4.08. The van der Waals surface area contributed by atoms with E-state index in [1.54, 1.807) is 24.3 Å². The first-order valence-electron chi connectivity index (χ1n) is 11.4. The van der Waals surface area contributed by atoms with Crippen LogP contribution in [0.2, 0.25) is 0 Å². The molecule has 0 radical (unpaired) electrons. The van der Waals surface area contributed by atoms with Crippen LogP contribution in [0.15, 0.2) is 48.7 Å². The summed E-state index contributed by atoms with van der Waals surface area (Å²) in [5.41, 5.74) is 7.26. The molecule has 4 rings (SSSR count). The Morgan fingerprint density at radius 3 is 2.42 bits per heavy atom. The van der Waals surface area contributed by atoms with Gasteiger partial charge in [0.25, 0.3) is 0 Å². The number of aliphatic hydroxyl groups is 1. The summed E-state index contributed by atoms with van der Waals surface area (Å²) in [5, 5.41) is 20.1. The summed E-state index contributed by atoms with van der Waals surface area (Å²) in [4.78, 5) is 4.56. The molecule has 0 amide bonds. The second-order valence-electron chi connectivity index (χ2n) is 9.13. The molecule has 0 saturated heterocycles. The van der Waals surface area contributed by atoms with E-state index in [4.69, 9.17) is 5.73 Å². The van der Waals surface area contributed by atoms with Crippen LogP contribution in [0.3, 0.4) is 0 Å². The van der Waals surface area contributed by atoms with Crippen molar-refractivity contribution in [3.05, 3.63) is 77.2 Å². The third-order valence-electron chi connectivity index (χ3n) is 5.32. The Morgan fingerprint density at radius 1 is 1.05 bits per heavy atom.